The van der Waals surface area contributed by atoms with E-state index in [1.807, 2.05) is 31.0 Å². The molecule has 0 amide bonds. The first-order chi connectivity index (χ1) is 20.5. The molecule has 0 aliphatic carbocycles. The number of aryl methyl sites for hydroxylation is 1. The summed E-state index contributed by atoms with van der Waals surface area (Å²) in [6.07, 6.45) is 6.13. The maximum absolute atomic E-state index is 13.3. The van der Waals surface area contributed by atoms with Crippen molar-refractivity contribution in [1.29, 1.82) is 0 Å². The number of benzene rings is 1. The summed E-state index contributed by atoms with van der Waals surface area (Å²) in [7, 11) is 1.93. The van der Waals surface area contributed by atoms with E-state index in [1.54, 1.807) is 12.4 Å². The lowest BCUT2D eigenvalue weighted by molar-refractivity contribution is -0.151. The quantitative estimate of drug-likeness (QED) is 0.201. The van der Waals surface area contributed by atoms with E-state index < -0.39 is 17.9 Å². The third-order valence-electron chi connectivity index (χ3n) is 8.03. The second-order valence-corrected chi connectivity index (χ2v) is 12.3. The Morgan fingerprint density at radius 2 is 1.91 bits per heavy atom. The Balaban J connectivity index is 1.61. The molecule has 43 heavy (non-hydrogen) atoms. The maximum Gasteiger partial charge on any atom is 0.337 e. The molecule has 232 valence electrons. The highest BCUT2D eigenvalue weighted by atomic mass is 35.5. The number of anilines is 2. The molecular formula is C33H42ClFN4O4. The number of ether oxygens (including phenoxy) is 2. The monoisotopic (exact) mass is 612 g/mol. The number of carboxylic acid groups (broad SMARTS) is 1. The summed E-state index contributed by atoms with van der Waals surface area (Å²) in [4.78, 5) is 26.3. The number of unbranched alkanes of at least 4 members (excludes halogenated alkanes) is 1. The lowest BCUT2D eigenvalue weighted by atomic mass is 9.82. The van der Waals surface area contributed by atoms with Crippen molar-refractivity contribution >= 4 is 28.9 Å². The van der Waals surface area contributed by atoms with Crippen LogP contribution >= 0.6 is 11.6 Å². The van der Waals surface area contributed by atoms with Crippen molar-refractivity contribution in [2.75, 3.05) is 49.7 Å². The van der Waals surface area contributed by atoms with Crippen LogP contribution in [0.25, 0.3) is 11.3 Å². The van der Waals surface area contributed by atoms with E-state index >= 15 is 0 Å². The first kappa shape index (κ1) is 32.5. The minimum Gasteiger partial charge on any atom is -0.490 e. The van der Waals surface area contributed by atoms with Crippen LogP contribution in [0.2, 0.25) is 5.02 Å². The van der Waals surface area contributed by atoms with Crippen LogP contribution in [0.3, 0.4) is 0 Å². The molecule has 3 heterocycles. The van der Waals surface area contributed by atoms with Crippen molar-refractivity contribution in [2.24, 2.45) is 5.41 Å². The number of hydrogen-bond acceptors (Lipinski definition) is 7. The van der Waals surface area contributed by atoms with E-state index in [9.17, 15) is 14.3 Å². The lowest BCUT2D eigenvalue weighted by Gasteiger charge is -2.40. The molecular weight excluding hydrogens is 571 g/mol. The molecule has 8 nitrogen and oxygen atoms in total. The van der Waals surface area contributed by atoms with Gasteiger partial charge in [0, 0.05) is 49.8 Å². The number of piperidine rings is 1. The molecule has 4 rings (SSSR count). The zero-order valence-corrected chi connectivity index (χ0v) is 26.5. The summed E-state index contributed by atoms with van der Waals surface area (Å²) >= 11 is 6.07. The van der Waals surface area contributed by atoms with Gasteiger partial charge in [-0.15, -0.1) is 0 Å². The highest BCUT2D eigenvalue weighted by Crippen LogP contribution is 2.42. The summed E-state index contributed by atoms with van der Waals surface area (Å²) in [6, 6.07) is 7.97. The Morgan fingerprint density at radius 3 is 2.53 bits per heavy atom. The number of carboxylic acids is 1. The van der Waals surface area contributed by atoms with E-state index in [4.69, 9.17) is 26.1 Å². The van der Waals surface area contributed by atoms with Gasteiger partial charge >= 0.3 is 5.97 Å². The lowest BCUT2D eigenvalue weighted by Crippen LogP contribution is -2.39. The number of likely N-dealkylation sites (N-methyl/N-ethyl adjacent to an activating group) is 1. The van der Waals surface area contributed by atoms with Gasteiger partial charge in [0.15, 0.2) is 6.10 Å². The molecule has 1 aliphatic rings. The van der Waals surface area contributed by atoms with Gasteiger partial charge in [-0.05, 0) is 61.9 Å². The average molecular weight is 613 g/mol. The first-order valence-electron chi connectivity index (χ1n) is 14.8. The minimum atomic E-state index is -1.12. The third-order valence-corrected chi connectivity index (χ3v) is 8.33. The van der Waals surface area contributed by atoms with Crippen LogP contribution in [0, 0.1) is 18.2 Å². The van der Waals surface area contributed by atoms with Gasteiger partial charge in [-0.3, -0.25) is 9.97 Å². The molecule has 1 atom stereocenters. The van der Waals surface area contributed by atoms with Crippen molar-refractivity contribution in [2.45, 2.75) is 59.5 Å². The van der Waals surface area contributed by atoms with Gasteiger partial charge in [0.1, 0.15) is 18.2 Å². The molecule has 0 radical (unpaired) electrons. The molecule has 1 aliphatic heterocycles. The third kappa shape index (κ3) is 8.15. The second kappa shape index (κ2) is 14.4. The fourth-order valence-corrected chi connectivity index (χ4v) is 5.42. The fraction of sp³-hybridized carbons (Fsp3) is 0.485. The molecule has 0 spiro atoms. The number of halogens is 2. The van der Waals surface area contributed by atoms with Crippen LogP contribution in [-0.2, 0) is 9.53 Å². The van der Waals surface area contributed by atoms with Gasteiger partial charge in [0.05, 0.1) is 34.8 Å². The number of hydrogen-bond donors (Lipinski definition) is 1. The number of rotatable bonds is 13. The van der Waals surface area contributed by atoms with E-state index in [1.165, 1.54) is 18.2 Å². The topological polar surface area (TPSA) is 88.0 Å². The summed E-state index contributed by atoms with van der Waals surface area (Å²) in [5.41, 5.74) is 4.67. The number of aromatic nitrogens is 2. The van der Waals surface area contributed by atoms with Crippen LogP contribution in [0.4, 0.5) is 15.8 Å². The zero-order chi connectivity index (χ0) is 31.1. The van der Waals surface area contributed by atoms with Crippen LogP contribution in [0.15, 0.2) is 42.7 Å². The molecule has 1 aromatic carbocycles. The van der Waals surface area contributed by atoms with Crippen LogP contribution in [0.1, 0.15) is 63.8 Å². The predicted molar refractivity (Wildman–Crippen MR) is 169 cm³/mol. The van der Waals surface area contributed by atoms with Crippen LogP contribution < -0.4 is 14.5 Å². The highest BCUT2D eigenvalue weighted by molar-refractivity contribution is 6.32. The van der Waals surface area contributed by atoms with Crippen LogP contribution in [-0.4, -0.2) is 60.9 Å². The van der Waals surface area contributed by atoms with Crippen molar-refractivity contribution in [3.05, 3.63) is 64.8 Å². The Hall–Kier alpha value is -3.43. The molecule has 0 saturated carbocycles. The van der Waals surface area contributed by atoms with Crippen molar-refractivity contribution < 1.29 is 23.8 Å². The molecule has 1 fully saturated rings. The van der Waals surface area contributed by atoms with E-state index in [2.05, 4.69) is 30.7 Å². The highest BCUT2D eigenvalue weighted by Gasteiger charge is 2.34. The van der Waals surface area contributed by atoms with Gasteiger partial charge < -0.3 is 24.4 Å². The largest absolute Gasteiger partial charge is 0.490 e. The average Bonchev–Trinajstić information content (AvgIpc) is 2.97. The Labute approximate surface area is 258 Å². The van der Waals surface area contributed by atoms with Gasteiger partial charge in [-0.25, -0.2) is 9.18 Å². The Bertz CT molecular complexity index is 1390. The van der Waals surface area contributed by atoms with E-state index in [-0.39, 0.29) is 10.4 Å². The number of carbonyl (C=O) groups is 1. The predicted octanol–water partition coefficient (Wildman–Crippen LogP) is 7.33. The summed E-state index contributed by atoms with van der Waals surface area (Å²) in [5.74, 6) is -1.00. The van der Waals surface area contributed by atoms with E-state index in [0.29, 0.717) is 42.5 Å². The first-order valence-corrected chi connectivity index (χ1v) is 15.2. The molecule has 0 bridgehead atoms. The zero-order valence-electron chi connectivity index (χ0n) is 25.7. The normalized spacial score (nSPS) is 15.3. The number of nitrogens with zero attached hydrogens (tertiary/aromatic N) is 4. The summed E-state index contributed by atoms with van der Waals surface area (Å²) in [6.45, 7) is 11.3. The Kier molecular flexibility index (Phi) is 10.8. The molecule has 1 N–H and O–H groups in total. The minimum absolute atomic E-state index is 0.221. The molecule has 2 aromatic heterocycles. The van der Waals surface area contributed by atoms with Crippen molar-refractivity contribution in [3.63, 3.8) is 0 Å². The Morgan fingerprint density at radius 1 is 1.16 bits per heavy atom. The van der Waals surface area contributed by atoms with Crippen molar-refractivity contribution in [3.8, 4) is 17.0 Å². The molecule has 10 heteroatoms. The molecule has 1 saturated heterocycles. The van der Waals surface area contributed by atoms with Gasteiger partial charge in [0.25, 0.3) is 0 Å². The van der Waals surface area contributed by atoms with Gasteiger partial charge in [-0.1, -0.05) is 38.8 Å². The van der Waals surface area contributed by atoms with Crippen LogP contribution in [0.5, 0.6) is 5.75 Å². The number of pyridine rings is 2. The fourth-order valence-electron chi connectivity index (χ4n) is 5.19. The van der Waals surface area contributed by atoms with Gasteiger partial charge in [0.2, 0.25) is 0 Å². The summed E-state index contributed by atoms with van der Waals surface area (Å²) in [5, 5.41) is 10.5. The standard InChI is InChI=1S/C33H42ClFN4O4/c1-6-7-17-43-31(32(40)41)29-22(2)36-21-25(30(29)39-14-12-33(3,4)13-15-39)27-10-9-24(20-37-27)38(5)16-18-42-28-11-8-23(35)19-26(28)34/h8-11,19-21,31H,6-7,12-18H2,1-5H3,(H,40,41)/t31-/m0/s1. The summed E-state index contributed by atoms with van der Waals surface area (Å²) < 4.78 is 25.0. The smallest absolute Gasteiger partial charge is 0.337 e. The molecule has 0 unspecified atom stereocenters. The van der Waals surface area contributed by atoms with Crippen molar-refractivity contribution in [1.82, 2.24) is 9.97 Å². The maximum atomic E-state index is 13.3. The molecule has 3 aromatic rings. The van der Waals surface area contributed by atoms with Gasteiger partial charge in [-0.2, -0.15) is 0 Å². The second-order valence-electron chi connectivity index (χ2n) is 11.9. The number of aliphatic carboxylic acids is 1. The SMILES string of the molecule is CCCCO[C@H](C(=O)O)c1c(C)ncc(-c2ccc(N(C)CCOc3ccc(F)cc3Cl)cn2)c1N1CCC(C)(C)CC1. The van der Waals surface area contributed by atoms with E-state index in [0.717, 1.165) is 55.7 Å².